The highest BCUT2D eigenvalue weighted by Crippen LogP contribution is 2.19. The zero-order valence-corrected chi connectivity index (χ0v) is 11.6. The fourth-order valence-corrected chi connectivity index (χ4v) is 1.90. The highest BCUT2D eigenvalue weighted by molar-refractivity contribution is 6.28. The summed E-state index contributed by atoms with van der Waals surface area (Å²) in [6.45, 7) is 2.13. The minimum absolute atomic E-state index is 0.211. The highest BCUT2D eigenvalue weighted by Gasteiger charge is 2.24. The molecule has 0 aliphatic carbocycles. The van der Waals surface area contributed by atoms with Crippen LogP contribution in [-0.2, 0) is 19.1 Å². The van der Waals surface area contributed by atoms with E-state index in [0.29, 0.717) is 12.3 Å². The predicted octanol–water partition coefficient (Wildman–Crippen LogP) is 2.08. The Hall–Kier alpha value is -2.69. The number of hydrogen-bond acceptors (Lipinski definition) is 4. The van der Waals surface area contributed by atoms with E-state index in [4.69, 9.17) is 4.74 Å². The molecule has 0 radical (unpaired) electrons. The van der Waals surface area contributed by atoms with E-state index in [9.17, 15) is 14.4 Å². The van der Waals surface area contributed by atoms with E-state index in [1.165, 1.54) is 12.2 Å². The summed E-state index contributed by atoms with van der Waals surface area (Å²) in [6, 6.07) is 6.92. The SMILES string of the molecule is CCOC(=O)CC=Cc1ccc(N2C(=O)C=CC2=O)cc1. The van der Waals surface area contributed by atoms with Crippen molar-refractivity contribution < 1.29 is 19.1 Å². The Morgan fingerprint density at radius 1 is 1.14 bits per heavy atom. The second kappa shape index (κ2) is 6.65. The van der Waals surface area contributed by atoms with E-state index in [2.05, 4.69) is 0 Å². The summed E-state index contributed by atoms with van der Waals surface area (Å²) in [5.41, 5.74) is 1.40. The fraction of sp³-hybridized carbons (Fsp3) is 0.188. The van der Waals surface area contributed by atoms with Crippen LogP contribution in [0.3, 0.4) is 0 Å². The van der Waals surface area contributed by atoms with E-state index >= 15 is 0 Å². The monoisotopic (exact) mass is 285 g/mol. The number of nitrogens with zero attached hydrogens (tertiary/aromatic N) is 1. The van der Waals surface area contributed by atoms with Crippen LogP contribution in [-0.4, -0.2) is 24.4 Å². The molecule has 5 nitrogen and oxygen atoms in total. The second-order valence-electron chi connectivity index (χ2n) is 4.35. The van der Waals surface area contributed by atoms with Gasteiger partial charge in [0, 0.05) is 12.2 Å². The molecule has 108 valence electrons. The highest BCUT2D eigenvalue weighted by atomic mass is 16.5. The molecule has 0 spiro atoms. The molecule has 5 heteroatoms. The number of esters is 1. The Balaban J connectivity index is 1.99. The molecule has 0 unspecified atom stereocenters. The summed E-state index contributed by atoms with van der Waals surface area (Å²) in [4.78, 5) is 35.3. The zero-order chi connectivity index (χ0) is 15.2. The van der Waals surface area contributed by atoms with E-state index in [1.54, 1.807) is 43.3 Å². The van der Waals surface area contributed by atoms with Crippen molar-refractivity contribution in [2.24, 2.45) is 0 Å². The van der Waals surface area contributed by atoms with Gasteiger partial charge < -0.3 is 4.74 Å². The van der Waals surface area contributed by atoms with Crippen LogP contribution in [0.25, 0.3) is 6.08 Å². The minimum Gasteiger partial charge on any atom is -0.466 e. The van der Waals surface area contributed by atoms with Crippen LogP contribution in [0.4, 0.5) is 5.69 Å². The van der Waals surface area contributed by atoms with Crippen molar-refractivity contribution in [2.75, 3.05) is 11.5 Å². The molecule has 0 saturated heterocycles. The minimum atomic E-state index is -0.342. The van der Waals surface area contributed by atoms with Gasteiger partial charge >= 0.3 is 5.97 Å². The topological polar surface area (TPSA) is 63.7 Å². The van der Waals surface area contributed by atoms with Crippen molar-refractivity contribution >= 4 is 29.5 Å². The Bertz CT molecular complexity index is 596. The predicted molar refractivity (Wildman–Crippen MR) is 78.4 cm³/mol. The lowest BCUT2D eigenvalue weighted by Gasteiger charge is -2.13. The molecule has 21 heavy (non-hydrogen) atoms. The first-order chi connectivity index (χ1) is 10.1. The van der Waals surface area contributed by atoms with E-state index in [-0.39, 0.29) is 24.2 Å². The third-order valence-electron chi connectivity index (χ3n) is 2.86. The first-order valence-corrected chi connectivity index (χ1v) is 6.60. The van der Waals surface area contributed by atoms with Crippen molar-refractivity contribution in [1.82, 2.24) is 0 Å². The van der Waals surface area contributed by atoms with Gasteiger partial charge in [-0.15, -0.1) is 0 Å². The quantitative estimate of drug-likeness (QED) is 0.614. The lowest BCUT2D eigenvalue weighted by atomic mass is 10.1. The summed E-state index contributed by atoms with van der Waals surface area (Å²) < 4.78 is 4.81. The van der Waals surface area contributed by atoms with E-state index in [1.807, 2.05) is 0 Å². The maximum absolute atomic E-state index is 11.5. The van der Waals surface area contributed by atoms with Crippen LogP contribution in [0.15, 0.2) is 42.5 Å². The molecule has 2 rings (SSSR count). The number of carbonyl (C=O) groups is 3. The molecule has 0 fully saturated rings. The maximum atomic E-state index is 11.5. The summed E-state index contributed by atoms with van der Waals surface area (Å²) in [5.74, 6) is -0.957. The van der Waals surface area contributed by atoms with Gasteiger partial charge in [-0.2, -0.15) is 0 Å². The number of amides is 2. The lowest BCUT2D eigenvalue weighted by molar-refractivity contribution is -0.142. The molecule has 0 saturated carbocycles. The first-order valence-electron chi connectivity index (χ1n) is 6.60. The lowest BCUT2D eigenvalue weighted by Crippen LogP contribution is -2.29. The number of ether oxygens (including phenoxy) is 1. The number of benzene rings is 1. The summed E-state index contributed by atoms with van der Waals surface area (Å²) in [7, 11) is 0. The van der Waals surface area contributed by atoms with E-state index < -0.39 is 0 Å². The third-order valence-corrected chi connectivity index (χ3v) is 2.86. The average molecular weight is 285 g/mol. The Labute approximate surface area is 122 Å². The average Bonchev–Trinajstić information content (AvgIpc) is 2.79. The van der Waals surface area contributed by atoms with Gasteiger partial charge in [0.1, 0.15) is 0 Å². The second-order valence-corrected chi connectivity index (χ2v) is 4.35. The van der Waals surface area contributed by atoms with Crippen molar-refractivity contribution in [3.63, 3.8) is 0 Å². The van der Waals surface area contributed by atoms with Crippen LogP contribution in [0, 0.1) is 0 Å². The molecule has 1 aromatic rings. The van der Waals surface area contributed by atoms with Gasteiger partial charge in [0.05, 0.1) is 18.7 Å². The molecular weight excluding hydrogens is 270 g/mol. The molecule has 0 aromatic heterocycles. The molecule has 0 N–H and O–H groups in total. The molecule has 1 heterocycles. The van der Waals surface area contributed by atoms with Crippen molar-refractivity contribution in [2.45, 2.75) is 13.3 Å². The van der Waals surface area contributed by atoms with Gasteiger partial charge in [-0.25, -0.2) is 4.90 Å². The van der Waals surface area contributed by atoms with Gasteiger partial charge in [-0.3, -0.25) is 14.4 Å². The van der Waals surface area contributed by atoms with Gasteiger partial charge in [0.2, 0.25) is 0 Å². The van der Waals surface area contributed by atoms with Gasteiger partial charge in [0.15, 0.2) is 0 Å². The standard InChI is InChI=1S/C16H15NO4/c1-2-21-16(20)5-3-4-12-6-8-13(9-7-12)17-14(18)10-11-15(17)19/h3-4,6-11H,2,5H2,1H3. The Morgan fingerprint density at radius 3 is 2.33 bits per heavy atom. The first kappa shape index (κ1) is 14.7. The molecule has 1 aromatic carbocycles. The molecule has 2 amide bonds. The number of imide groups is 1. The Morgan fingerprint density at radius 2 is 1.76 bits per heavy atom. The van der Waals surface area contributed by atoms with Crippen LogP contribution in [0.5, 0.6) is 0 Å². The van der Waals surface area contributed by atoms with Gasteiger partial charge in [-0.05, 0) is 24.6 Å². The smallest absolute Gasteiger partial charge is 0.309 e. The summed E-state index contributed by atoms with van der Waals surface area (Å²) >= 11 is 0. The van der Waals surface area contributed by atoms with Crippen molar-refractivity contribution in [1.29, 1.82) is 0 Å². The van der Waals surface area contributed by atoms with Crippen LogP contribution in [0.2, 0.25) is 0 Å². The molecule has 0 bridgehead atoms. The molecule has 0 atom stereocenters. The normalized spacial score (nSPS) is 14.2. The van der Waals surface area contributed by atoms with Gasteiger partial charge in [0.25, 0.3) is 11.8 Å². The third kappa shape index (κ3) is 3.66. The Kier molecular flexibility index (Phi) is 4.66. The number of carbonyl (C=O) groups excluding carboxylic acids is 3. The number of anilines is 1. The zero-order valence-electron chi connectivity index (χ0n) is 11.6. The van der Waals surface area contributed by atoms with Gasteiger partial charge in [-0.1, -0.05) is 24.3 Å². The van der Waals surface area contributed by atoms with Crippen LogP contribution in [0.1, 0.15) is 18.9 Å². The molecular formula is C16H15NO4. The van der Waals surface area contributed by atoms with Crippen LogP contribution < -0.4 is 4.90 Å². The molecule has 1 aliphatic heterocycles. The van der Waals surface area contributed by atoms with Crippen molar-refractivity contribution in [3.8, 4) is 0 Å². The van der Waals surface area contributed by atoms with Crippen molar-refractivity contribution in [3.05, 3.63) is 48.1 Å². The summed E-state index contributed by atoms with van der Waals surface area (Å²) in [5, 5.41) is 0. The largest absolute Gasteiger partial charge is 0.466 e. The maximum Gasteiger partial charge on any atom is 0.309 e. The molecule has 1 aliphatic rings. The number of rotatable bonds is 5. The van der Waals surface area contributed by atoms with Crippen LogP contribution >= 0.6 is 0 Å². The fourth-order valence-electron chi connectivity index (χ4n) is 1.90. The number of hydrogen-bond donors (Lipinski definition) is 0. The van der Waals surface area contributed by atoms with E-state index in [0.717, 1.165) is 10.5 Å². The summed E-state index contributed by atoms with van der Waals surface area (Å²) in [6.07, 6.45) is 6.20.